The second kappa shape index (κ2) is 9.43. The van der Waals surface area contributed by atoms with Crippen LogP contribution in [0.5, 0.6) is 5.75 Å². The summed E-state index contributed by atoms with van der Waals surface area (Å²) < 4.78 is 10.5. The largest absolute Gasteiger partial charge is 0.497 e. The highest BCUT2D eigenvalue weighted by atomic mass is 16.5. The van der Waals surface area contributed by atoms with Crippen LogP contribution in [0.3, 0.4) is 0 Å². The second-order valence-corrected chi connectivity index (χ2v) is 5.38. The molecule has 1 rings (SSSR count). The Morgan fingerprint density at radius 3 is 2.45 bits per heavy atom. The van der Waals surface area contributed by atoms with Gasteiger partial charge in [0.2, 0.25) is 5.91 Å². The predicted molar refractivity (Wildman–Crippen MR) is 85.9 cm³/mol. The predicted octanol–water partition coefficient (Wildman–Crippen LogP) is 2.44. The summed E-state index contributed by atoms with van der Waals surface area (Å²) in [4.78, 5) is 12.0. The Labute approximate surface area is 132 Å². The molecule has 0 bridgehead atoms. The molecule has 0 aromatic heterocycles. The standard InChI is InChI=1S/C17H27NO4/c1-5-6-11-22-13(3)17(20)18-12(2)16(19)14-7-9-15(21-4)10-8-14/h7-10,12-13,16,19H,5-6,11H2,1-4H3,(H,18,20). The van der Waals surface area contributed by atoms with Crippen molar-refractivity contribution in [2.24, 2.45) is 0 Å². The van der Waals surface area contributed by atoms with Crippen LogP contribution in [-0.2, 0) is 9.53 Å². The number of carbonyl (C=O) groups is 1. The molecule has 2 N–H and O–H groups in total. The Morgan fingerprint density at radius 1 is 1.27 bits per heavy atom. The summed E-state index contributed by atoms with van der Waals surface area (Å²) >= 11 is 0. The van der Waals surface area contributed by atoms with Crippen LogP contribution in [0.1, 0.15) is 45.3 Å². The van der Waals surface area contributed by atoms with Gasteiger partial charge >= 0.3 is 0 Å². The lowest BCUT2D eigenvalue weighted by atomic mass is 10.0. The lowest BCUT2D eigenvalue weighted by Gasteiger charge is -2.23. The second-order valence-electron chi connectivity index (χ2n) is 5.38. The molecule has 0 fully saturated rings. The number of benzene rings is 1. The highest BCUT2D eigenvalue weighted by molar-refractivity contribution is 5.80. The zero-order chi connectivity index (χ0) is 16.5. The normalized spacial score (nSPS) is 15.0. The van der Waals surface area contributed by atoms with Gasteiger partial charge < -0.3 is 19.9 Å². The van der Waals surface area contributed by atoms with E-state index in [0.717, 1.165) is 24.2 Å². The van der Waals surface area contributed by atoms with Crippen molar-refractivity contribution >= 4 is 5.91 Å². The number of carbonyl (C=O) groups excluding carboxylic acids is 1. The molecule has 0 heterocycles. The van der Waals surface area contributed by atoms with Gasteiger partial charge in [-0.3, -0.25) is 4.79 Å². The molecule has 3 atom stereocenters. The molecule has 124 valence electrons. The van der Waals surface area contributed by atoms with Crippen LogP contribution >= 0.6 is 0 Å². The molecule has 0 saturated heterocycles. The number of rotatable bonds is 9. The smallest absolute Gasteiger partial charge is 0.249 e. The van der Waals surface area contributed by atoms with Gasteiger partial charge in [0.25, 0.3) is 0 Å². The first-order chi connectivity index (χ1) is 10.5. The number of ether oxygens (including phenoxy) is 2. The van der Waals surface area contributed by atoms with Crippen LogP contribution in [-0.4, -0.2) is 36.9 Å². The molecule has 0 saturated carbocycles. The molecule has 3 unspecified atom stereocenters. The van der Waals surface area contributed by atoms with Crippen molar-refractivity contribution in [3.8, 4) is 5.75 Å². The molecule has 0 radical (unpaired) electrons. The number of hydrogen-bond acceptors (Lipinski definition) is 4. The van der Waals surface area contributed by atoms with Crippen molar-refractivity contribution in [2.75, 3.05) is 13.7 Å². The molecule has 5 nitrogen and oxygen atoms in total. The molecule has 1 aromatic carbocycles. The maximum Gasteiger partial charge on any atom is 0.249 e. The van der Waals surface area contributed by atoms with E-state index >= 15 is 0 Å². The SMILES string of the molecule is CCCCOC(C)C(=O)NC(C)C(O)c1ccc(OC)cc1. The van der Waals surface area contributed by atoms with E-state index in [1.54, 1.807) is 45.2 Å². The van der Waals surface area contributed by atoms with Crippen LogP contribution in [0.4, 0.5) is 0 Å². The fourth-order valence-corrected chi connectivity index (χ4v) is 1.99. The number of amides is 1. The van der Waals surface area contributed by atoms with Crippen LogP contribution in [0, 0.1) is 0 Å². The molecular weight excluding hydrogens is 282 g/mol. The zero-order valence-electron chi connectivity index (χ0n) is 13.8. The van der Waals surface area contributed by atoms with Gasteiger partial charge in [-0.15, -0.1) is 0 Å². The number of aliphatic hydroxyl groups is 1. The van der Waals surface area contributed by atoms with E-state index in [1.165, 1.54) is 0 Å². The summed E-state index contributed by atoms with van der Waals surface area (Å²) in [5.74, 6) is 0.516. The average Bonchev–Trinajstić information content (AvgIpc) is 2.54. The van der Waals surface area contributed by atoms with E-state index in [1.807, 2.05) is 0 Å². The van der Waals surface area contributed by atoms with Gasteiger partial charge in [-0.2, -0.15) is 0 Å². The summed E-state index contributed by atoms with van der Waals surface area (Å²) in [6, 6.07) is 6.73. The molecule has 0 aliphatic heterocycles. The number of nitrogens with one attached hydrogen (secondary N) is 1. The van der Waals surface area contributed by atoms with E-state index < -0.39 is 18.2 Å². The third-order valence-electron chi connectivity index (χ3n) is 3.54. The van der Waals surface area contributed by atoms with Gasteiger partial charge in [0, 0.05) is 6.61 Å². The van der Waals surface area contributed by atoms with Crippen molar-refractivity contribution in [3.05, 3.63) is 29.8 Å². The maximum absolute atomic E-state index is 12.0. The molecule has 0 aliphatic rings. The molecule has 1 aromatic rings. The number of aliphatic hydroxyl groups excluding tert-OH is 1. The highest BCUT2D eigenvalue weighted by Crippen LogP contribution is 2.20. The molecule has 22 heavy (non-hydrogen) atoms. The van der Waals surface area contributed by atoms with E-state index in [2.05, 4.69) is 12.2 Å². The van der Waals surface area contributed by atoms with E-state index in [0.29, 0.717) is 6.61 Å². The Balaban J connectivity index is 2.51. The maximum atomic E-state index is 12.0. The Morgan fingerprint density at radius 2 is 1.91 bits per heavy atom. The number of unbranched alkanes of at least 4 members (excludes halogenated alkanes) is 1. The molecule has 1 amide bonds. The average molecular weight is 309 g/mol. The summed E-state index contributed by atoms with van der Waals surface area (Å²) in [6.45, 7) is 6.13. The van der Waals surface area contributed by atoms with Crippen molar-refractivity contribution in [3.63, 3.8) is 0 Å². The quantitative estimate of drug-likeness (QED) is 0.688. The van der Waals surface area contributed by atoms with Gasteiger partial charge in [0.05, 0.1) is 19.3 Å². The molecule has 0 spiro atoms. The van der Waals surface area contributed by atoms with Gasteiger partial charge in [0.15, 0.2) is 0 Å². The van der Waals surface area contributed by atoms with Gasteiger partial charge in [-0.05, 0) is 38.0 Å². The van der Waals surface area contributed by atoms with Gasteiger partial charge in [-0.1, -0.05) is 25.5 Å². The van der Waals surface area contributed by atoms with Gasteiger partial charge in [0.1, 0.15) is 11.9 Å². The monoisotopic (exact) mass is 309 g/mol. The van der Waals surface area contributed by atoms with Crippen molar-refractivity contribution in [1.82, 2.24) is 5.32 Å². The van der Waals surface area contributed by atoms with E-state index in [9.17, 15) is 9.90 Å². The summed E-state index contributed by atoms with van der Waals surface area (Å²) in [5, 5.41) is 13.1. The summed E-state index contributed by atoms with van der Waals surface area (Å²) in [5.41, 5.74) is 0.730. The third-order valence-corrected chi connectivity index (χ3v) is 3.54. The summed E-state index contributed by atoms with van der Waals surface area (Å²) in [7, 11) is 1.59. The first kappa shape index (κ1) is 18.5. The van der Waals surface area contributed by atoms with Crippen LogP contribution in [0.15, 0.2) is 24.3 Å². The Hall–Kier alpha value is -1.59. The minimum absolute atomic E-state index is 0.212. The summed E-state index contributed by atoms with van der Waals surface area (Å²) in [6.07, 6.45) is 0.664. The molecular formula is C17H27NO4. The molecule has 5 heteroatoms. The number of methoxy groups -OCH3 is 1. The third kappa shape index (κ3) is 5.66. The van der Waals surface area contributed by atoms with E-state index in [-0.39, 0.29) is 5.91 Å². The highest BCUT2D eigenvalue weighted by Gasteiger charge is 2.21. The minimum atomic E-state index is -0.780. The van der Waals surface area contributed by atoms with Crippen LogP contribution in [0.25, 0.3) is 0 Å². The lowest BCUT2D eigenvalue weighted by Crippen LogP contribution is -2.42. The first-order valence-corrected chi connectivity index (χ1v) is 7.73. The molecule has 0 aliphatic carbocycles. The fraction of sp³-hybridized carbons (Fsp3) is 0.588. The van der Waals surface area contributed by atoms with Crippen LogP contribution < -0.4 is 10.1 Å². The number of hydrogen-bond donors (Lipinski definition) is 2. The first-order valence-electron chi connectivity index (χ1n) is 7.73. The Bertz CT molecular complexity index is 446. The van der Waals surface area contributed by atoms with Crippen molar-refractivity contribution < 1.29 is 19.4 Å². The fourth-order valence-electron chi connectivity index (χ4n) is 1.99. The van der Waals surface area contributed by atoms with Gasteiger partial charge in [-0.25, -0.2) is 0 Å². The topological polar surface area (TPSA) is 67.8 Å². The Kier molecular flexibility index (Phi) is 7.91. The zero-order valence-corrected chi connectivity index (χ0v) is 13.8. The van der Waals surface area contributed by atoms with E-state index in [4.69, 9.17) is 9.47 Å². The van der Waals surface area contributed by atoms with Crippen molar-refractivity contribution in [1.29, 1.82) is 0 Å². The lowest BCUT2D eigenvalue weighted by molar-refractivity contribution is -0.133. The van der Waals surface area contributed by atoms with Crippen molar-refractivity contribution in [2.45, 2.75) is 51.9 Å². The van der Waals surface area contributed by atoms with Crippen LogP contribution in [0.2, 0.25) is 0 Å². The minimum Gasteiger partial charge on any atom is -0.497 e.